The maximum absolute atomic E-state index is 11.9. The third-order valence-corrected chi connectivity index (χ3v) is 4.72. The van der Waals surface area contributed by atoms with E-state index in [-0.39, 0.29) is 12.5 Å². The lowest BCUT2D eigenvalue weighted by atomic mass is 9.86. The molecule has 2 atom stereocenters. The Morgan fingerprint density at radius 3 is 2.54 bits per heavy atom. The van der Waals surface area contributed by atoms with Gasteiger partial charge in [-0.2, -0.15) is 0 Å². The monoisotopic (exact) mass is 349 g/mol. The molecular formula is C18H27N3O2S. The molecule has 0 aromatic heterocycles. The molecule has 1 aromatic carbocycles. The summed E-state index contributed by atoms with van der Waals surface area (Å²) in [4.78, 5) is 11.9. The number of hydrogen-bond acceptors (Lipinski definition) is 3. The number of aryl methyl sites for hydroxylation is 2. The van der Waals surface area contributed by atoms with Crippen LogP contribution in [0.3, 0.4) is 0 Å². The first-order valence-electron chi connectivity index (χ1n) is 8.51. The quantitative estimate of drug-likeness (QED) is 0.576. The third kappa shape index (κ3) is 5.37. The molecule has 24 heavy (non-hydrogen) atoms. The van der Waals surface area contributed by atoms with Gasteiger partial charge in [0.2, 0.25) is 0 Å². The predicted molar refractivity (Wildman–Crippen MR) is 99.8 cm³/mol. The number of amides is 1. The molecule has 1 fully saturated rings. The van der Waals surface area contributed by atoms with Gasteiger partial charge < -0.3 is 10.1 Å². The van der Waals surface area contributed by atoms with Crippen LogP contribution in [0.15, 0.2) is 18.2 Å². The minimum atomic E-state index is -0.265. The van der Waals surface area contributed by atoms with Crippen molar-refractivity contribution in [3.05, 3.63) is 29.3 Å². The molecule has 5 nitrogen and oxygen atoms in total. The molecule has 0 saturated heterocycles. The Morgan fingerprint density at radius 1 is 1.21 bits per heavy atom. The van der Waals surface area contributed by atoms with Gasteiger partial charge in [-0.3, -0.25) is 15.6 Å². The van der Waals surface area contributed by atoms with Gasteiger partial charge in [-0.05, 0) is 56.0 Å². The lowest BCUT2D eigenvalue weighted by Gasteiger charge is -2.30. The van der Waals surface area contributed by atoms with Crippen molar-refractivity contribution < 1.29 is 9.53 Å². The first-order valence-corrected chi connectivity index (χ1v) is 8.92. The molecule has 1 saturated carbocycles. The van der Waals surface area contributed by atoms with Crippen LogP contribution in [0.5, 0.6) is 5.75 Å². The molecule has 1 aliphatic rings. The van der Waals surface area contributed by atoms with Gasteiger partial charge in [0.05, 0.1) is 0 Å². The van der Waals surface area contributed by atoms with Crippen molar-refractivity contribution in [2.75, 3.05) is 6.61 Å². The van der Waals surface area contributed by atoms with E-state index in [4.69, 9.17) is 17.0 Å². The Kier molecular flexibility index (Phi) is 6.85. The van der Waals surface area contributed by atoms with Gasteiger partial charge in [0.15, 0.2) is 11.7 Å². The number of rotatable bonds is 4. The fourth-order valence-corrected chi connectivity index (χ4v) is 3.26. The SMILES string of the molecule is Cc1cccc(C)c1OCC(=O)NNC(=S)N[C@H]1CCCC[C@@H]1C. The topological polar surface area (TPSA) is 62.4 Å². The Balaban J connectivity index is 1.72. The predicted octanol–water partition coefficient (Wildman–Crippen LogP) is 2.76. The van der Waals surface area contributed by atoms with Crippen LogP contribution < -0.4 is 20.9 Å². The second-order valence-electron chi connectivity index (χ2n) is 6.52. The number of hydrazine groups is 1. The highest BCUT2D eigenvalue weighted by Gasteiger charge is 2.21. The molecular weight excluding hydrogens is 322 g/mol. The van der Waals surface area contributed by atoms with Crippen molar-refractivity contribution in [1.82, 2.24) is 16.2 Å². The first-order chi connectivity index (χ1) is 11.5. The van der Waals surface area contributed by atoms with Gasteiger partial charge >= 0.3 is 0 Å². The summed E-state index contributed by atoms with van der Waals surface area (Å²) in [5.41, 5.74) is 7.36. The summed E-state index contributed by atoms with van der Waals surface area (Å²) >= 11 is 5.25. The van der Waals surface area contributed by atoms with Crippen LogP contribution in [0.4, 0.5) is 0 Å². The average molecular weight is 350 g/mol. The van der Waals surface area contributed by atoms with E-state index in [1.54, 1.807) is 0 Å². The highest BCUT2D eigenvalue weighted by molar-refractivity contribution is 7.80. The van der Waals surface area contributed by atoms with E-state index in [0.29, 0.717) is 17.1 Å². The fourth-order valence-electron chi connectivity index (χ4n) is 3.06. The normalized spacial score (nSPS) is 20.1. The summed E-state index contributed by atoms with van der Waals surface area (Å²) in [5.74, 6) is 1.09. The second kappa shape index (κ2) is 8.87. The zero-order valence-electron chi connectivity index (χ0n) is 14.6. The molecule has 0 spiro atoms. The minimum Gasteiger partial charge on any atom is -0.483 e. The first kappa shape index (κ1) is 18.5. The number of ether oxygens (including phenoxy) is 1. The van der Waals surface area contributed by atoms with Gasteiger partial charge in [0.1, 0.15) is 5.75 Å². The largest absolute Gasteiger partial charge is 0.483 e. The van der Waals surface area contributed by atoms with Crippen LogP contribution in [-0.2, 0) is 4.79 Å². The molecule has 6 heteroatoms. The van der Waals surface area contributed by atoms with E-state index in [9.17, 15) is 4.79 Å². The van der Waals surface area contributed by atoms with Crippen molar-refractivity contribution in [2.24, 2.45) is 5.92 Å². The zero-order chi connectivity index (χ0) is 17.5. The lowest BCUT2D eigenvalue weighted by molar-refractivity contribution is -0.123. The van der Waals surface area contributed by atoms with Gasteiger partial charge in [-0.1, -0.05) is 38.0 Å². The van der Waals surface area contributed by atoms with Crippen molar-refractivity contribution in [3.8, 4) is 5.75 Å². The molecule has 0 heterocycles. The number of carbonyl (C=O) groups is 1. The molecule has 132 valence electrons. The molecule has 1 amide bonds. The van der Waals surface area contributed by atoms with Gasteiger partial charge in [0, 0.05) is 6.04 Å². The molecule has 0 bridgehead atoms. The van der Waals surface area contributed by atoms with Crippen LogP contribution in [0, 0.1) is 19.8 Å². The fraction of sp³-hybridized carbons (Fsp3) is 0.556. The highest BCUT2D eigenvalue weighted by atomic mass is 32.1. The number of nitrogens with one attached hydrogen (secondary N) is 3. The van der Waals surface area contributed by atoms with Crippen LogP contribution in [-0.4, -0.2) is 23.7 Å². The van der Waals surface area contributed by atoms with Gasteiger partial charge in [0.25, 0.3) is 5.91 Å². The number of benzene rings is 1. The molecule has 1 aliphatic carbocycles. The number of thiocarbonyl (C=S) groups is 1. The maximum atomic E-state index is 11.9. The van der Waals surface area contributed by atoms with Crippen LogP contribution in [0.2, 0.25) is 0 Å². The van der Waals surface area contributed by atoms with E-state index in [2.05, 4.69) is 23.1 Å². The maximum Gasteiger partial charge on any atom is 0.276 e. The van der Waals surface area contributed by atoms with Crippen molar-refractivity contribution in [2.45, 2.75) is 52.5 Å². The van der Waals surface area contributed by atoms with E-state index in [1.165, 1.54) is 19.3 Å². The smallest absolute Gasteiger partial charge is 0.276 e. The summed E-state index contributed by atoms with van der Waals surface area (Å²) < 4.78 is 5.61. The summed E-state index contributed by atoms with van der Waals surface area (Å²) in [6, 6.07) is 6.27. The number of carbonyl (C=O) groups excluding carboxylic acids is 1. The van der Waals surface area contributed by atoms with Crippen molar-refractivity contribution >= 4 is 23.2 Å². The zero-order valence-corrected chi connectivity index (χ0v) is 15.5. The Morgan fingerprint density at radius 2 is 1.88 bits per heavy atom. The minimum absolute atomic E-state index is 0.0544. The van der Waals surface area contributed by atoms with Gasteiger partial charge in [-0.15, -0.1) is 0 Å². The summed E-state index contributed by atoms with van der Waals surface area (Å²) in [5, 5.41) is 3.73. The van der Waals surface area contributed by atoms with E-state index < -0.39 is 0 Å². The van der Waals surface area contributed by atoms with Crippen molar-refractivity contribution in [1.29, 1.82) is 0 Å². The molecule has 2 rings (SSSR count). The average Bonchev–Trinajstić information content (AvgIpc) is 2.54. The van der Waals surface area contributed by atoms with Crippen LogP contribution in [0.1, 0.15) is 43.7 Å². The summed E-state index contributed by atoms with van der Waals surface area (Å²) in [7, 11) is 0. The number of hydrogen-bond donors (Lipinski definition) is 3. The Labute approximate surface area is 149 Å². The van der Waals surface area contributed by atoms with Crippen LogP contribution >= 0.6 is 12.2 Å². The lowest BCUT2D eigenvalue weighted by Crippen LogP contribution is -2.52. The highest BCUT2D eigenvalue weighted by Crippen LogP contribution is 2.23. The van der Waals surface area contributed by atoms with Crippen molar-refractivity contribution in [3.63, 3.8) is 0 Å². The molecule has 0 aliphatic heterocycles. The molecule has 0 unspecified atom stereocenters. The van der Waals surface area contributed by atoms with E-state index in [0.717, 1.165) is 23.3 Å². The molecule has 3 N–H and O–H groups in total. The molecule has 1 aromatic rings. The Bertz CT molecular complexity index is 571. The van der Waals surface area contributed by atoms with Gasteiger partial charge in [-0.25, -0.2) is 0 Å². The van der Waals surface area contributed by atoms with E-state index in [1.807, 2.05) is 32.0 Å². The van der Waals surface area contributed by atoms with E-state index >= 15 is 0 Å². The number of para-hydroxylation sites is 1. The standard InChI is InChI=1S/C18H27N3O2S/c1-12-7-4-5-10-15(12)19-18(24)21-20-16(22)11-23-17-13(2)8-6-9-14(17)3/h6,8-9,12,15H,4-5,7,10-11H2,1-3H3,(H,20,22)(H2,19,21,24)/t12-,15-/m0/s1. The summed E-state index contributed by atoms with van der Waals surface area (Å²) in [6.07, 6.45) is 4.84. The Hall–Kier alpha value is -1.82. The second-order valence-corrected chi connectivity index (χ2v) is 6.93. The van der Waals surface area contributed by atoms with Crippen LogP contribution in [0.25, 0.3) is 0 Å². The molecule has 0 radical (unpaired) electrons. The summed E-state index contributed by atoms with van der Waals surface area (Å²) in [6.45, 7) is 6.10. The third-order valence-electron chi connectivity index (χ3n) is 4.50.